The van der Waals surface area contributed by atoms with Gasteiger partial charge in [0.2, 0.25) is 0 Å². The first kappa shape index (κ1) is 9.81. The predicted molar refractivity (Wildman–Crippen MR) is 58.9 cm³/mol. The zero-order valence-corrected chi connectivity index (χ0v) is 8.25. The molecule has 2 N–H and O–H groups in total. The van der Waals surface area contributed by atoms with E-state index in [4.69, 9.17) is 5.73 Å². The summed E-state index contributed by atoms with van der Waals surface area (Å²) in [6.07, 6.45) is 0. The first-order valence-corrected chi connectivity index (χ1v) is 4.31. The van der Waals surface area contributed by atoms with Crippen LogP contribution in [0.5, 0.6) is 0 Å². The molecule has 0 saturated carbocycles. The highest BCUT2D eigenvalue weighted by Gasteiger charge is 2.04. The van der Waals surface area contributed by atoms with Crippen LogP contribution in [0.1, 0.15) is 5.56 Å². The molecule has 0 amide bonds. The minimum atomic E-state index is 0.505. The second-order valence-corrected chi connectivity index (χ2v) is 3.22. The number of anilines is 1. The van der Waals surface area contributed by atoms with Crippen molar-refractivity contribution in [3.63, 3.8) is 0 Å². The fourth-order valence-corrected chi connectivity index (χ4v) is 1.27. The van der Waals surface area contributed by atoms with Crippen molar-refractivity contribution in [1.82, 2.24) is 0 Å². The third-order valence-corrected chi connectivity index (χ3v) is 2.01. The fourth-order valence-electron chi connectivity index (χ4n) is 1.27. The van der Waals surface area contributed by atoms with Gasteiger partial charge in [-0.05, 0) is 11.6 Å². The van der Waals surface area contributed by atoms with Crippen LogP contribution in [0.25, 0.3) is 5.57 Å². The largest absolute Gasteiger partial charge is 0.377 e. The number of hydrogen-bond donors (Lipinski definition) is 1. The van der Waals surface area contributed by atoms with E-state index >= 15 is 0 Å². The Labute approximate surface area is 79.7 Å². The van der Waals surface area contributed by atoms with Crippen molar-refractivity contribution in [3.8, 4) is 0 Å². The maximum Gasteiger partial charge on any atom is 0.0437 e. The molecule has 0 aliphatic heterocycles. The molecular formula is C11H16N2. The van der Waals surface area contributed by atoms with Gasteiger partial charge >= 0.3 is 0 Å². The van der Waals surface area contributed by atoms with E-state index in [1.54, 1.807) is 0 Å². The smallest absolute Gasteiger partial charge is 0.0437 e. The van der Waals surface area contributed by atoms with Crippen molar-refractivity contribution < 1.29 is 0 Å². The van der Waals surface area contributed by atoms with Crippen LogP contribution in [-0.4, -0.2) is 20.6 Å². The zero-order valence-electron chi connectivity index (χ0n) is 8.25. The Kier molecular flexibility index (Phi) is 3.09. The summed E-state index contributed by atoms with van der Waals surface area (Å²) in [6.45, 7) is 4.44. The number of rotatable bonds is 3. The molecule has 0 heterocycles. The lowest BCUT2D eigenvalue weighted by molar-refractivity contribution is 1.12. The Bertz CT molecular complexity index is 303. The molecule has 0 aliphatic carbocycles. The van der Waals surface area contributed by atoms with Gasteiger partial charge in [0.15, 0.2) is 0 Å². The molecule has 2 heteroatoms. The van der Waals surface area contributed by atoms with Crippen LogP contribution in [0.2, 0.25) is 0 Å². The van der Waals surface area contributed by atoms with Crippen LogP contribution in [0.3, 0.4) is 0 Å². The zero-order chi connectivity index (χ0) is 9.84. The number of nitrogens with two attached hydrogens (primary N) is 1. The average Bonchev–Trinajstić information content (AvgIpc) is 2.16. The van der Waals surface area contributed by atoms with Crippen LogP contribution in [0.15, 0.2) is 30.8 Å². The van der Waals surface area contributed by atoms with Crippen LogP contribution in [0, 0.1) is 0 Å². The first-order chi connectivity index (χ1) is 6.16. The summed E-state index contributed by atoms with van der Waals surface area (Å²) in [6, 6.07) is 8.13. The Morgan fingerprint density at radius 3 is 2.54 bits per heavy atom. The van der Waals surface area contributed by atoms with Gasteiger partial charge in [-0.2, -0.15) is 0 Å². The van der Waals surface area contributed by atoms with E-state index in [9.17, 15) is 0 Å². The quantitative estimate of drug-likeness (QED) is 0.760. The maximum absolute atomic E-state index is 5.56. The van der Waals surface area contributed by atoms with Crippen molar-refractivity contribution in [2.24, 2.45) is 5.73 Å². The summed E-state index contributed by atoms with van der Waals surface area (Å²) < 4.78 is 0. The second-order valence-electron chi connectivity index (χ2n) is 3.22. The number of hydrogen-bond acceptors (Lipinski definition) is 2. The summed E-state index contributed by atoms with van der Waals surface area (Å²) in [5.74, 6) is 0. The molecule has 0 atom stereocenters. The lowest BCUT2D eigenvalue weighted by Crippen LogP contribution is -2.12. The van der Waals surface area contributed by atoms with E-state index in [0.29, 0.717) is 6.54 Å². The van der Waals surface area contributed by atoms with Gasteiger partial charge in [-0.25, -0.2) is 0 Å². The molecule has 1 aromatic rings. The highest BCUT2D eigenvalue weighted by atomic mass is 15.1. The fraction of sp³-hybridized carbons (Fsp3) is 0.273. The summed E-state index contributed by atoms with van der Waals surface area (Å²) >= 11 is 0. The molecule has 0 unspecified atom stereocenters. The average molecular weight is 176 g/mol. The highest BCUT2D eigenvalue weighted by molar-refractivity contribution is 5.76. The van der Waals surface area contributed by atoms with E-state index in [1.165, 1.54) is 0 Å². The van der Waals surface area contributed by atoms with Crippen molar-refractivity contribution in [1.29, 1.82) is 0 Å². The van der Waals surface area contributed by atoms with Crippen molar-refractivity contribution in [2.75, 3.05) is 25.5 Å². The van der Waals surface area contributed by atoms with Crippen molar-refractivity contribution in [2.45, 2.75) is 0 Å². The van der Waals surface area contributed by atoms with Crippen molar-refractivity contribution >= 4 is 11.3 Å². The molecule has 0 saturated heterocycles. The van der Waals surface area contributed by atoms with E-state index in [2.05, 4.69) is 17.5 Å². The van der Waals surface area contributed by atoms with Crippen LogP contribution in [-0.2, 0) is 0 Å². The van der Waals surface area contributed by atoms with E-state index in [1.807, 2.05) is 32.3 Å². The molecule has 70 valence electrons. The highest BCUT2D eigenvalue weighted by Crippen LogP contribution is 2.23. The Morgan fingerprint density at radius 2 is 2.00 bits per heavy atom. The first-order valence-electron chi connectivity index (χ1n) is 4.31. The summed E-state index contributed by atoms with van der Waals surface area (Å²) in [5.41, 5.74) is 8.83. The van der Waals surface area contributed by atoms with Gasteiger partial charge in [-0.15, -0.1) is 0 Å². The lowest BCUT2D eigenvalue weighted by atomic mass is 10.1. The molecule has 0 fully saturated rings. The van der Waals surface area contributed by atoms with Crippen LogP contribution in [0.4, 0.5) is 5.69 Å². The molecule has 0 radical (unpaired) electrons. The molecule has 0 aliphatic rings. The van der Waals surface area contributed by atoms with Gasteiger partial charge in [-0.3, -0.25) is 0 Å². The topological polar surface area (TPSA) is 29.3 Å². The second kappa shape index (κ2) is 4.10. The number of nitrogens with zero attached hydrogens (tertiary/aromatic N) is 1. The van der Waals surface area contributed by atoms with Gasteiger partial charge in [0.05, 0.1) is 0 Å². The molecule has 1 rings (SSSR count). The van der Waals surface area contributed by atoms with E-state index in [-0.39, 0.29) is 0 Å². The SMILES string of the molecule is C=C(CN)c1ccccc1N(C)C. The Hall–Kier alpha value is -1.28. The van der Waals surface area contributed by atoms with Crippen LogP contribution >= 0.6 is 0 Å². The molecule has 2 nitrogen and oxygen atoms in total. The number of para-hydroxylation sites is 1. The molecule has 0 bridgehead atoms. The number of benzene rings is 1. The third kappa shape index (κ3) is 2.10. The van der Waals surface area contributed by atoms with Gasteiger partial charge < -0.3 is 10.6 Å². The van der Waals surface area contributed by atoms with Gasteiger partial charge in [0, 0.05) is 31.9 Å². The summed E-state index contributed by atoms with van der Waals surface area (Å²) in [5, 5.41) is 0. The maximum atomic E-state index is 5.56. The summed E-state index contributed by atoms with van der Waals surface area (Å²) in [4.78, 5) is 2.07. The monoisotopic (exact) mass is 176 g/mol. The molecule has 0 aromatic heterocycles. The molecular weight excluding hydrogens is 160 g/mol. The van der Waals surface area contributed by atoms with Crippen molar-refractivity contribution in [3.05, 3.63) is 36.4 Å². The normalized spacial score (nSPS) is 9.77. The standard InChI is InChI=1S/C11H16N2/c1-9(8-12)10-6-4-5-7-11(10)13(2)3/h4-7H,1,8,12H2,2-3H3. The van der Waals surface area contributed by atoms with Crippen LogP contribution < -0.4 is 10.6 Å². The van der Waals surface area contributed by atoms with E-state index < -0.39 is 0 Å². The summed E-state index contributed by atoms with van der Waals surface area (Å²) in [7, 11) is 4.03. The third-order valence-electron chi connectivity index (χ3n) is 2.01. The lowest BCUT2D eigenvalue weighted by Gasteiger charge is -2.17. The molecule has 13 heavy (non-hydrogen) atoms. The molecule has 0 spiro atoms. The molecule has 1 aromatic carbocycles. The van der Waals surface area contributed by atoms with Gasteiger partial charge in [-0.1, -0.05) is 24.8 Å². The minimum absolute atomic E-state index is 0.505. The van der Waals surface area contributed by atoms with E-state index in [0.717, 1.165) is 16.8 Å². The van der Waals surface area contributed by atoms with Gasteiger partial charge in [0.1, 0.15) is 0 Å². The van der Waals surface area contributed by atoms with Gasteiger partial charge in [0.25, 0.3) is 0 Å². The Balaban J connectivity index is 3.12. The minimum Gasteiger partial charge on any atom is -0.377 e. The Morgan fingerprint density at radius 1 is 1.38 bits per heavy atom. The predicted octanol–water partition coefficient (Wildman–Crippen LogP) is 1.72.